The molecule has 0 saturated carbocycles. The first-order valence-electron chi connectivity index (χ1n) is 9.57. The summed E-state index contributed by atoms with van der Waals surface area (Å²) in [4.78, 5) is 24.1. The Balaban J connectivity index is 1.59. The molecule has 0 bridgehead atoms. The second-order valence-corrected chi connectivity index (χ2v) is 7.32. The van der Waals surface area contributed by atoms with Gasteiger partial charge < -0.3 is 19.3 Å². The van der Waals surface area contributed by atoms with Crippen LogP contribution in [-0.4, -0.2) is 30.2 Å². The van der Waals surface area contributed by atoms with E-state index in [1.54, 1.807) is 0 Å². The molecule has 1 aromatic heterocycles. The van der Waals surface area contributed by atoms with Gasteiger partial charge in [0, 0.05) is 6.07 Å². The van der Waals surface area contributed by atoms with E-state index in [1.807, 2.05) is 19.9 Å². The van der Waals surface area contributed by atoms with Crippen molar-refractivity contribution < 1.29 is 23.6 Å². The van der Waals surface area contributed by atoms with Crippen LogP contribution in [0.5, 0.6) is 5.75 Å². The average molecular weight is 386 g/mol. The minimum absolute atomic E-state index is 0.0959. The molecule has 7 nitrogen and oxygen atoms in total. The summed E-state index contributed by atoms with van der Waals surface area (Å²) in [6.07, 6.45) is 4.65. The van der Waals surface area contributed by atoms with E-state index in [4.69, 9.17) is 14.0 Å². The van der Waals surface area contributed by atoms with Crippen molar-refractivity contribution >= 4 is 11.9 Å². The van der Waals surface area contributed by atoms with Gasteiger partial charge in [-0.15, -0.1) is 0 Å². The number of carbonyl (C=O) groups excluding carboxylic acids is 2. The highest BCUT2D eigenvalue weighted by Gasteiger charge is 2.26. The Hall–Kier alpha value is -2.83. The van der Waals surface area contributed by atoms with Crippen LogP contribution in [0.25, 0.3) is 0 Å². The van der Waals surface area contributed by atoms with Gasteiger partial charge >= 0.3 is 5.97 Å². The fourth-order valence-corrected chi connectivity index (χ4v) is 3.28. The SMILES string of the molecule is COC(=O)C(NC(=O)c1cc(COc2ccc3c(c2)CCCC3)on1)C(C)C. The summed E-state index contributed by atoms with van der Waals surface area (Å²) in [6, 6.07) is 6.91. The predicted molar refractivity (Wildman–Crippen MR) is 102 cm³/mol. The van der Waals surface area contributed by atoms with Crippen LogP contribution in [-0.2, 0) is 29.0 Å². The van der Waals surface area contributed by atoms with Gasteiger partial charge in [0.05, 0.1) is 7.11 Å². The van der Waals surface area contributed by atoms with Crippen molar-refractivity contribution in [2.45, 2.75) is 52.2 Å². The van der Waals surface area contributed by atoms with Crippen molar-refractivity contribution in [1.82, 2.24) is 10.5 Å². The van der Waals surface area contributed by atoms with Crippen LogP contribution in [0.1, 0.15) is 54.1 Å². The van der Waals surface area contributed by atoms with Crippen LogP contribution in [0.3, 0.4) is 0 Å². The number of hydrogen-bond acceptors (Lipinski definition) is 6. The van der Waals surface area contributed by atoms with Gasteiger partial charge in [0.25, 0.3) is 5.91 Å². The largest absolute Gasteiger partial charge is 0.486 e. The number of amides is 1. The number of carbonyl (C=O) groups is 2. The molecule has 0 aliphatic heterocycles. The summed E-state index contributed by atoms with van der Waals surface area (Å²) >= 11 is 0. The summed E-state index contributed by atoms with van der Waals surface area (Å²) in [5.41, 5.74) is 2.82. The van der Waals surface area contributed by atoms with E-state index in [9.17, 15) is 9.59 Å². The lowest BCUT2D eigenvalue weighted by Gasteiger charge is -2.18. The highest BCUT2D eigenvalue weighted by atomic mass is 16.5. The first-order valence-corrected chi connectivity index (χ1v) is 9.57. The van der Waals surface area contributed by atoms with Crippen molar-refractivity contribution in [3.8, 4) is 5.75 Å². The minimum Gasteiger partial charge on any atom is -0.486 e. The number of aryl methyl sites for hydroxylation is 2. The summed E-state index contributed by atoms with van der Waals surface area (Å²) in [7, 11) is 1.29. The highest BCUT2D eigenvalue weighted by molar-refractivity contribution is 5.95. The Kier molecular flexibility index (Phi) is 6.34. The molecule has 3 rings (SSSR count). The molecule has 7 heteroatoms. The van der Waals surface area contributed by atoms with Crippen molar-refractivity contribution in [3.05, 3.63) is 46.8 Å². The molecule has 1 atom stereocenters. The van der Waals surface area contributed by atoms with Crippen LogP contribution < -0.4 is 10.1 Å². The summed E-state index contributed by atoms with van der Waals surface area (Å²) < 4.78 is 15.7. The van der Waals surface area contributed by atoms with Gasteiger partial charge in [-0.3, -0.25) is 4.79 Å². The lowest BCUT2D eigenvalue weighted by molar-refractivity contribution is -0.144. The van der Waals surface area contributed by atoms with Crippen molar-refractivity contribution in [3.63, 3.8) is 0 Å². The first-order chi connectivity index (χ1) is 13.5. The van der Waals surface area contributed by atoms with Crippen molar-refractivity contribution in [2.24, 2.45) is 5.92 Å². The second-order valence-electron chi connectivity index (χ2n) is 7.32. The summed E-state index contributed by atoms with van der Waals surface area (Å²) in [5.74, 6) is 0.0986. The Morgan fingerprint density at radius 3 is 2.64 bits per heavy atom. The van der Waals surface area contributed by atoms with Crippen LogP contribution in [0.2, 0.25) is 0 Å². The molecule has 1 aliphatic carbocycles. The maximum absolute atomic E-state index is 12.3. The first kappa shape index (κ1) is 19.9. The van der Waals surface area contributed by atoms with E-state index >= 15 is 0 Å². The van der Waals surface area contributed by atoms with E-state index in [1.165, 1.54) is 37.1 Å². The van der Waals surface area contributed by atoms with E-state index < -0.39 is 17.9 Å². The Morgan fingerprint density at radius 1 is 1.18 bits per heavy atom. The number of ether oxygens (including phenoxy) is 2. The number of esters is 1. The molecule has 0 fully saturated rings. The Morgan fingerprint density at radius 2 is 1.93 bits per heavy atom. The maximum atomic E-state index is 12.3. The average Bonchev–Trinajstić information content (AvgIpc) is 3.18. The Bertz CT molecular complexity index is 843. The van der Waals surface area contributed by atoms with E-state index in [0.717, 1.165) is 18.6 Å². The standard InChI is InChI=1S/C21H26N2O5/c1-13(2)19(21(25)26-3)22-20(24)18-11-17(28-23-18)12-27-16-9-8-14-6-4-5-7-15(14)10-16/h8-11,13,19H,4-7,12H2,1-3H3,(H,22,24). The molecular weight excluding hydrogens is 360 g/mol. The quantitative estimate of drug-likeness (QED) is 0.736. The van der Waals surface area contributed by atoms with Crippen LogP contribution in [0.4, 0.5) is 0 Å². The monoisotopic (exact) mass is 386 g/mol. The van der Waals surface area contributed by atoms with E-state index in [0.29, 0.717) is 5.76 Å². The fourth-order valence-electron chi connectivity index (χ4n) is 3.28. The lowest BCUT2D eigenvalue weighted by atomic mass is 9.92. The van der Waals surface area contributed by atoms with Gasteiger partial charge in [-0.05, 0) is 54.9 Å². The predicted octanol–water partition coefficient (Wildman–Crippen LogP) is 3.06. The van der Waals surface area contributed by atoms with Crippen molar-refractivity contribution in [2.75, 3.05) is 7.11 Å². The maximum Gasteiger partial charge on any atom is 0.328 e. The number of benzene rings is 1. The minimum atomic E-state index is -0.746. The van der Waals surface area contributed by atoms with Gasteiger partial charge in [0.15, 0.2) is 11.5 Å². The number of nitrogens with zero attached hydrogens (tertiary/aromatic N) is 1. The number of methoxy groups -OCH3 is 1. The summed E-state index contributed by atoms with van der Waals surface area (Å²) in [5, 5.41) is 6.40. The summed E-state index contributed by atoms with van der Waals surface area (Å²) in [6.45, 7) is 3.81. The fraction of sp³-hybridized carbons (Fsp3) is 0.476. The van der Waals surface area contributed by atoms with Gasteiger partial charge in [-0.25, -0.2) is 4.79 Å². The molecule has 1 heterocycles. The molecule has 1 aromatic carbocycles. The zero-order chi connectivity index (χ0) is 20.1. The number of aromatic nitrogens is 1. The normalized spacial score (nSPS) is 14.3. The Labute approximate surface area is 164 Å². The molecule has 1 amide bonds. The van der Waals surface area contributed by atoms with Gasteiger partial charge in [0.1, 0.15) is 18.4 Å². The van der Waals surface area contributed by atoms with Crippen LogP contribution in [0.15, 0.2) is 28.8 Å². The van der Waals surface area contributed by atoms with Crippen LogP contribution >= 0.6 is 0 Å². The van der Waals surface area contributed by atoms with E-state index in [2.05, 4.69) is 22.6 Å². The third-order valence-electron chi connectivity index (χ3n) is 4.90. The zero-order valence-corrected chi connectivity index (χ0v) is 16.5. The molecule has 1 N–H and O–H groups in total. The number of nitrogens with one attached hydrogen (secondary N) is 1. The molecule has 2 aromatic rings. The highest BCUT2D eigenvalue weighted by Crippen LogP contribution is 2.25. The van der Waals surface area contributed by atoms with Gasteiger partial charge in [-0.1, -0.05) is 25.1 Å². The van der Waals surface area contributed by atoms with Crippen LogP contribution in [0, 0.1) is 5.92 Å². The molecule has 0 saturated heterocycles. The molecule has 1 unspecified atom stereocenters. The molecule has 150 valence electrons. The molecular formula is C21H26N2O5. The van der Waals surface area contributed by atoms with E-state index in [-0.39, 0.29) is 18.2 Å². The van der Waals surface area contributed by atoms with Gasteiger partial charge in [0.2, 0.25) is 0 Å². The lowest BCUT2D eigenvalue weighted by Crippen LogP contribution is -2.45. The molecule has 1 aliphatic rings. The number of rotatable bonds is 7. The molecule has 0 spiro atoms. The second kappa shape index (κ2) is 8.91. The molecule has 0 radical (unpaired) electrons. The van der Waals surface area contributed by atoms with Gasteiger partial charge in [-0.2, -0.15) is 0 Å². The zero-order valence-electron chi connectivity index (χ0n) is 16.5. The van der Waals surface area contributed by atoms with Crippen molar-refractivity contribution in [1.29, 1.82) is 0 Å². The number of fused-ring (bicyclic) bond motifs is 1. The third-order valence-corrected chi connectivity index (χ3v) is 4.90. The topological polar surface area (TPSA) is 90.7 Å². The number of hydrogen-bond donors (Lipinski definition) is 1. The smallest absolute Gasteiger partial charge is 0.328 e. The molecule has 28 heavy (non-hydrogen) atoms. The third kappa shape index (κ3) is 4.71.